The number of benzene rings is 1. The van der Waals surface area contributed by atoms with Crippen molar-refractivity contribution in [3.8, 4) is 11.8 Å². The number of nitrogens with one attached hydrogen (secondary N) is 1. The molecule has 2 aromatic rings. The van der Waals surface area contributed by atoms with Crippen LogP contribution in [0.3, 0.4) is 0 Å². The molecule has 1 aromatic heterocycles. The summed E-state index contributed by atoms with van der Waals surface area (Å²) in [6, 6.07) is 8.40. The number of anilines is 1. The number of phenolic OH excluding ortho intramolecular Hbond substituents is 1. The zero-order chi connectivity index (χ0) is 17.1. The first kappa shape index (κ1) is 16.3. The molecule has 1 aromatic carbocycles. The van der Waals surface area contributed by atoms with Gasteiger partial charge in [-0.05, 0) is 50.1 Å². The van der Waals surface area contributed by atoms with Crippen molar-refractivity contribution in [2.75, 3.05) is 5.32 Å². The lowest BCUT2D eigenvalue weighted by Crippen LogP contribution is -2.31. The molecule has 0 aliphatic heterocycles. The van der Waals surface area contributed by atoms with Crippen LogP contribution < -0.4 is 10.9 Å². The SMILES string of the molecule is Cc1ccc(O)c(NC(=O)Cn2c(C)cc(C)c(C#N)c2=O)c1. The van der Waals surface area contributed by atoms with Gasteiger partial charge in [-0.15, -0.1) is 0 Å². The van der Waals surface area contributed by atoms with Crippen molar-refractivity contribution in [3.05, 3.63) is 57.0 Å². The molecule has 0 bridgehead atoms. The number of nitriles is 1. The van der Waals surface area contributed by atoms with E-state index in [4.69, 9.17) is 5.26 Å². The number of phenols is 1. The third-order valence-corrected chi connectivity index (χ3v) is 3.54. The molecular weight excluding hydrogens is 294 g/mol. The minimum atomic E-state index is -0.492. The largest absolute Gasteiger partial charge is 0.506 e. The molecule has 0 atom stereocenters. The average Bonchev–Trinajstić information content (AvgIpc) is 2.47. The van der Waals surface area contributed by atoms with E-state index in [1.807, 2.05) is 13.0 Å². The van der Waals surface area contributed by atoms with Gasteiger partial charge in [0.1, 0.15) is 23.9 Å². The van der Waals surface area contributed by atoms with E-state index in [9.17, 15) is 14.7 Å². The van der Waals surface area contributed by atoms with E-state index in [1.54, 1.807) is 32.0 Å². The Bertz CT molecular complexity index is 876. The van der Waals surface area contributed by atoms with Crippen molar-refractivity contribution < 1.29 is 9.90 Å². The van der Waals surface area contributed by atoms with Crippen LogP contribution in [-0.4, -0.2) is 15.6 Å². The van der Waals surface area contributed by atoms with Gasteiger partial charge in [0.25, 0.3) is 5.56 Å². The van der Waals surface area contributed by atoms with Gasteiger partial charge in [0.05, 0.1) is 5.69 Å². The summed E-state index contributed by atoms with van der Waals surface area (Å²) >= 11 is 0. The Labute approximate surface area is 133 Å². The van der Waals surface area contributed by atoms with E-state index in [0.29, 0.717) is 11.3 Å². The number of hydrogen-bond donors (Lipinski definition) is 2. The van der Waals surface area contributed by atoms with Crippen molar-refractivity contribution in [2.24, 2.45) is 0 Å². The second kappa shape index (κ2) is 6.36. The maximum atomic E-state index is 12.3. The van der Waals surface area contributed by atoms with Crippen LogP contribution in [0.4, 0.5) is 5.69 Å². The number of amides is 1. The Morgan fingerprint density at radius 3 is 2.65 bits per heavy atom. The van der Waals surface area contributed by atoms with Crippen LogP contribution in [0.25, 0.3) is 0 Å². The van der Waals surface area contributed by atoms with E-state index in [2.05, 4.69) is 5.32 Å². The lowest BCUT2D eigenvalue weighted by molar-refractivity contribution is -0.116. The van der Waals surface area contributed by atoms with Gasteiger partial charge in [-0.2, -0.15) is 5.26 Å². The number of aromatic nitrogens is 1. The number of rotatable bonds is 3. The summed E-state index contributed by atoms with van der Waals surface area (Å²) in [5.74, 6) is -0.501. The lowest BCUT2D eigenvalue weighted by Gasteiger charge is -2.13. The van der Waals surface area contributed by atoms with Gasteiger partial charge in [-0.25, -0.2) is 0 Å². The number of nitrogens with zero attached hydrogens (tertiary/aromatic N) is 2. The second-order valence-electron chi connectivity index (χ2n) is 5.42. The highest BCUT2D eigenvalue weighted by Crippen LogP contribution is 2.23. The highest BCUT2D eigenvalue weighted by Gasteiger charge is 2.14. The minimum absolute atomic E-state index is 0.0294. The number of carbonyl (C=O) groups is 1. The first-order valence-electron chi connectivity index (χ1n) is 7.04. The number of carbonyl (C=O) groups excluding carboxylic acids is 1. The van der Waals surface area contributed by atoms with Gasteiger partial charge in [-0.1, -0.05) is 6.07 Å². The Morgan fingerprint density at radius 1 is 1.30 bits per heavy atom. The fourth-order valence-electron chi connectivity index (χ4n) is 2.34. The molecule has 118 valence electrons. The molecule has 0 spiro atoms. The number of pyridine rings is 1. The van der Waals surface area contributed by atoms with Crippen LogP contribution in [-0.2, 0) is 11.3 Å². The van der Waals surface area contributed by atoms with Crippen LogP contribution in [0, 0.1) is 32.1 Å². The molecule has 6 nitrogen and oxygen atoms in total. The average molecular weight is 311 g/mol. The molecule has 6 heteroatoms. The van der Waals surface area contributed by atoms with Gasteiger partial charge in [-0.3, -0.25) is 9.59 Å². The molecule has 23 heavy (non-hydrogen) atoms. The first-order chi connectivity index (χ1) is 10.8. The van der Waals surface area contributed by atoms with Gasteiger partial charge in [0.2, 0.25) is 5.91 Å². The maximum absolute atomic E-state index is 12.3. The number of aryl methyl sites for hydroxylation is 3. The number of aromatic hydroxyl groups is 1. The van der Waals surface area contributed by atoms with E-state index < -0.39 is 11.5 Å². The van der Waals surface area contributed by atoms with Gasteiger partial charge in [0, 0.05) is 5.69 Å². The van der Waals surface area contributed by atoms with Crippen LogP contribution in [0.5, 0.6) is 5.75 Å². The fraction of sp³-hybridized carbons (Fsp3) is 0.235. The molecular formula is C17H17N3O3. The van der Waals surface area contributed by atoms with Crippen molar-refractivity contribution in [3.63, 3.8) is 0 Å². The summed E-state index contributed by atoms with van der Waals surface area (Å²) in [7, 11) is 0. The van der Waals surface area contributed by atoms with Crippen LogP contribution >= 0.6 is 0 Å². The topological polar surface area (TPSA) is 95.1 Å². The zero-order valence-electron chi connectivity index (χ0n) is 13.2. The molecule has 0 saturated heterocycles. The Morgan fingerprint density at radius 2 is 2.00 bits per heavy atom. The first-order valence-corrected chi connectivity index (χ1v) is 7.04. The van der Waals surface area contributed by atoms with Gasteiger partial charge >= 0.3 is 0 Å². The minimum Gasteiger partial charge on any atom is -0.506 e. The molecule has 0 radical (unpaired) electrons. The smallest absolute Gasteiger partial charge is 0.269 e. The summed E-state index contributed by atoms with van der Waals surface area (Å²) in [6.45, 7) is 4.99. The highest BCUT2D eigenvalue weighted by atomic mass is 16.3. The van der Waals surface area contributed by atoms with E-state index >= 15 is 0 Å². The van der Waals surface area contributed by atoms with Crippen molar-refractivity contribution >= 4 is 11.6 Å². The summed E-state index contributed by atoms with van der Waals surface area (Å²) in [4.78, 5) is 24.4. The molecule has 2 rings (SSSR count). The third-order valence-electron chi connectivity index (χ3n) is 3.54. The third kappa shape index (κ3) is 3.40. The summed E-state index contributed by atoms with van der Waals surface area (Å²) in [6.07, 6.45) is 0. The van der Waals surface area contributed by atoms with E-state index in [0.717, 1.165) is 5.56 Å². The Hall–Kier alpha value is -3.07. The van der Waals surface area contributed by atoms with E-state index in [-0.39, 0.29) is 23.5 Å². The number of hydrogen-bond acceptors (Lipinski definition) is 4. The molecule has 0 aliphatic carbocycles. The quantitative estimate of drug-likeness (QED) is 0.847. The van der Waals surface area contributed by atoms with Crippen LogP contribution in [0.15, 0.2) is 29.1 Å². The van der Waals surface area contributed by atoms with Crippen molar-refractivity contribution in [2.45, 2.75) is 27.3 Å². The maximum Gasteiger partial charge on any atom is 0.269 e. The summed E-state index contributed by atoms with van der Waals surface area (Å²) < 4.78 is 1.24. The van der Waals surface area contributed by atoms with Crippen LogP contribution in [0.1, 0.15) is 22.4 Å². The van der Waals surface area contributed by atoms with Crippen LogP contribution in [0.2, 0.25) is 0 Å². The molecule has 0 unspecified atom stereocenters. The molecule has 1 amide bonds. The Kier molecular flexibility index (Phi) is 4.51. The highest BCUT2D eigenvalue weighted by molar-refractivity contribution is 5.92. The zero-order valence-corrected chi connectivity index (χ0v) is 13.2. The second-order valence-corrected chi connectivity index (χ2v) is 5.42. The summed E-state index contributed by atoms with van der Waals surface area (Å²) in [5.41, 5.74) is 1.88. The van der Waals surface area contributed by atoms with Crippen molar-refractivity contribution in [1.29, 1.82) is 5.26 Å². The predicted octanol–water partition coefficient (Wildman–Crippen LogP) is 1.99. The van der Waals surface area contributed by atoms with E-state index in [1.165, 1.54) is 10.6 Å². The monoisotopic (exact) mass is 311 g/mol. The fourth-order valence-corrected chi connectivity index (χ4v) is 2.34. The lowest BCUT2D eigenvalue weighted by atomic mass is 10.1. The normalized spacial score (nSPS) is 10.2. The molecule has 0 fully saturated rings. The molecule has 0 aliphatic rings. The Balaban J connectivity index is 2.30. The van der Waals surface area contributed by atoms with Gasteiger partial charge < -0.3 is 15.0 Å². The summed E-state index contributed by atoms with van der Waals surface area (Å²) in [5, 5.41) is 21.4. The predicted molar refractivity (Wildman–Crippen MR) is 86.4 cm³/mol. The molecule has 2 N–H and O–H groups in total. The van der Waals surface area contributed by atoms with Gasteiger partial charge in [0.15, 0.2) is 0 Å². The molecule has 1 heterocycles. The molecule has 0 saturated carbocycles. The standard InChI is InChI=1S/C17H17N3O3/c1-10-4-5-15(21)14(6-10)19-16(22)9-20-12(3)7-11(2)13(8-18)17(20)23/h4-7,21H,9H2,1-3H3,(H,19,22). The van der Waals surface area contributed by atoms with Crippen molar-refractivity contribution in [1.82, 2.24) is 4.57 Å².